The fourth-order valence-electron chi connectivity index (χ4n) is 2.39. The summed E-state index contributed by atoms with van der Waals surface area (Å²) < 4.78 is 15.6. The molecule has 0 heterocycles. The molecule has 0 atom stereocenters. The molecule has 0 bridgehead atoms. The molecule has 134 valence electrons. The first-order valence-corrected chi connectivity index (χ1v) is 7.97. The van der Waals surface area contributed by atoms with E-state index in [4.69, 9.17) is 14.2 Å². The van der Waals surface area contributed by atoms with Gasteiger partial charge in [-0.15, -0.1) is 0 Å². The van der Waals surface area contributed by atoms with Crippen molar-refractivity contribution in [3.05, 3.63) is 47.5 Å². The maximum atomic E-state index is 12.1. The van der Waals surface area contributed by atoms with Gasteiger partial charge in [0.05, 0.1) is 21.3 Å². The van der Waals surface area contributed by atoms with E-state index in [0.717, 1.165) is 23.3 Å². The van der Waals surface area contributed by atoms with Crippen molar-refractivity contribution in [1.29, 1.82) is 0 Å². The molecule has 2 N–H and O–H groups in total. The molecule has 0 aliphatic carbocycles. The topological polar surface area (TPSA) is 68.8 Å². The summed E-state index contributed by atoms with van der Waals surface area (Å²) in [7, 11) is 4.78. The lowest BCUT2D eigenvalue weighted by molar-refractivity contribution is 0.252. The van der Waals surface area contributed by atoms with Crippen LogP contribution in [0.15, 0.2) is 36.4 Å². The summed E-state index contributed by atoms with van der Waals surface area (Å²) in [4.78, 5) is 12.1. The van der Waals surface area contributed by atoms with Crippen molar-refractivity contribution < 1.29 is 19.0 Å². The second kappa shape index (κ2) is 8.82. The summed E-state index contributed by atoms with van der Waals surface area (Å²) in [5, 5.41) is 5.68. The van der Waals surface area contributed by atoms with Gasteiger partial charge in [-0.1, -0.05) is 12.1 Å². The Morgan fingerprint density at radius 3 is 2.20 bits per heavy atom. The predicted octanol–water partition coefficient (Wildman–Crippen LogP) is 3.39. The summed E-state index contributed by atoms with van der Waals surface area (Å²) in [5.74, 6) is 2.02. The number of nitrogens with one attached hydrogen (secondary N) is 2. The Bertz CT molecular complexity index is 714. The van der Waals surface area contributed by atoms with Gasteiger partial charge in [-0.2, -0.15) is 0 Å². The molecule has 6 heteroatoms. The van der Waals surface area contributed by atoms with Gasteiger partial charge in [-0.3, -0.25) is 0 Å². The molecular weight excluding hydrogens is 320 g/mol. The molecule has 2 rings (SSSR count). The molecule has 2 aromatic rings. The molecule has 2 amide bonds. The van der Waals surface area contributed by atoms with Crippen molar-refractivity contribution >= 4 is 11.7 Å². The minimum absolute atomic E-state index is 0.260. The van der Waals surface area contributed by atoms with Crippen LogP contribution in [0.2, 0.25) is 0 Å². The molecule has 0 spiro atoms. The average molecular weight is 344 g/mol. The second-order valence-corrected chi connectivity index (χ2v) is 5.50. The quantitative estimate of drug-likeness (QED) is 0.808. The number of methoxy groups -OCH3 is 3. The van der Waals surface area contributed by atoms with Crippen molar-refractivity contribution in [3.63, 3.8) is 0 Å². The molecule has 0 unspecified atom stereocenters. The Morgan fingerprint density at radius 2 is 1.60 bits per heavy atom. The van der Waals surface area contributed by atoms with Gasteiger partial charge in [0.25, 0.3) is 0 Å². The highest BCUT2D eigenvalue weighted by Crippen LogP contribution is 2.32. The summed E-state index contributed by atoms with van der Waals surface area (Å²) in [6.07, 6.45) is 0.738. The zero-order valence-electron chi connectivity index (χ0n) is 15.0. The number of urea groups is 1. The van der Waals surface area contributed by atoms with Gasteiger partial charge in [0, 0.05) is 18.3 Å². The number of ether oxygens (including phenoxy) is 3. The lowest BCUT2D eigenvalue weighted by Gasteiger charge is -2.14. The van der Waals surface area contributed by atoms with Crippen molar-refractivity contribution in [2.45, 2.75) is 13.3 Å². The first kappa shape index (κ1) is 18.4. The molecule has 2 aromatic carbocycles. The van der Waals surface area contributed by atoms with Crippen LogP contribution < -0.4 is 24.8 Å². The number of aryl methyl sites for hydroxylation is 1. The van der Waals surface area contributed by atoms with Crippen LogP contribution in [-0.2, 0) is 6.42 Å². The smallest absolute Gasteiger partial charge is 0.319 e. The van der Waals surface area contributed by atoms with Crippen LogP contribution in [-0.4, -0.2) is 33.9 Å². The third kappa shape index (κ3) is 5.04. The van der Waals surface area contributed by atoms with Crippen LogP contribution >= 0.6 is 0 Å². The minimum atomic E-state index is -0.260. The first-order chi connectivity index (χ1) is 12.1. The van der Waals surface area contributed by atoms with E-state index in [0.29, 0.717) is 23.7 Å². The summed E-state index contributed by atoms with van der Waals surface area (Å²) >= 11 is 0. The van der Waals surface area contributed by atoms with E-state index in [2.05, 4.69) is 10.6 Å². The van der Waals surface area contributed by atoms with E-state index < -0.39 is 0 Å². The highest BCUT2D eigenvalue weighted by Gasteiger charge is 2.10. The van der Waals surface area contributed by atoms with Crippen LogP contribution in [0.4, 0.5) is 10.5 Å². The van der Waals surface area contributed by atoms with Crippen LogP contribution in [0.1, 0.15) is 11.1 Å². The predicted molar refractivity (Wildman–Crippen MR) is 98.0 cm³/mol. The van der Waals surface area contributed by atoms with E-state index in [1.165, 1.54) is 0 Å². The number of benzene rings is 2. The molecule has 0 aliphatic rings. The van der Waals surface area contributed by atoms with E-state index in [-0.39, 0.29) is 6.03 Å². The number of rotatable bonds is 7. The Balaban J connectivity index is 1.89. The highest BCUT2D eigenvalue weighted by atomic mass is 16.5. The van der Waals surface area contributed by atoms with Gasteiger partial charge >= 0.3 is 6.03 Å². The largest absolute Gasteiger partial charge is 0.497 e. The van der Waals surface area contributed by atoms with Gasteiger partial charge in [-0.05, 0) is 42.7 Å². The molecule has 0 aromatic heterocycles. The normalized spacial score (nSPS) is 10.1. The first-order valence-electron chi connectivity index (χ1n) is 7.97. The van der Waals surface area contributed by atoms with Crippen LogP contribution in [0, 0.1) is 6.92 Å². The van der Waals surface area contributed by atoms with Gasteiger partial charge < -0.3 is 24.8 Å². The number of hydrogen-bond donors (Lipinski definition) is 2. The fraction of sp³-hybridized carbons (Fsp3) is 0.316. The summed E-state index contributed by atoms with van der Waals surface area (Å²) in [5.41, 5.74) is 2.70. The Kier molecular flexibility index (Phi) is 6.51. The second-order valence-electron chi connectivity index (χ2n) is 5.50. The molecular formula is C19H24N2O4. The molecule has 0 saturated heterocycles. The highest BCUT2D eigenvalue weighted by molar-refractivity contribution is 5.90. The fourth-order valence-corrected chi connectivity index (χ4v) is 2.39. The lowest BCUT2D eigenvalue weighted by atomic mass is 10.1. The maximum Gasteiger partial charge on any atom is 0.319 e. The zero-order valence-corrected chi connectivity index (χ0v) is 15.0. The van der Waals surface area contributed by atoms with Gasteiger partial charge in [0.15, 0.2) is 11.5 Å². The van der Waals surface area contributed by atoms with Crippen molar-refractivity contribution in [2.24, 2.45) is 0 Å². The standard InChI is InChI=1S/C19H24N2O4/c1-13-11-17(24-3)18(25-4)12-16(13)21-19(22)20-10-9-14-5-7-15(23-2)8-6-14/h5-8,11-12H,9-10H2,1-4H3,(H2,20,21,22). The zero-order chi connectivity index (χ0) is 18.2. The number of carbonyl (C=O) groups excluding carboxylic acids is 1. The molecule has 6 nitrogen and oxygen atoms in total. The van der Waals surface area contributed by atoms with Crippen LogP contribution in [0.25, 0.3) is 0 Å². The van der Waals surface area contributed by atoms with E-state index in [1.807, 2.05) is 37.3 Å². The number of hydrogen-bond acceptors (Lipinski definition) is 4. The minimum Gasteiger partial charge on any atom is -0.497 e. The SMILES string of the molecule is COc1ccc(CCNC(=O)Nc2cc(OC)c(OC)cc2C)cc1. The Labute approximate surface area is 148 Å². The van der Waals surface area contributed by atoms with Crippen molar-refractivity contribution in [2.75, 3.05) is 33.2 Å². The monoisotopic (exact) mass is 344 g/mol. The number of carbonyl (C=O) groups is 1. The third-order valence-electron chi connectivity index (χ3n) is 3.84. The number of amides is 2. The molecule has 0 aliphatic heterocycles. The molecule has 0 radical (unpaired) electrons. The summed E-state index contributed by atoms with van der Waals surface area (Å²) in [6, 6.07) is 11.1. The third-order valence-corrected chi connectivity index (χ3v) is 3.84. The lowest BCUT2D eigenvalue weighted by Crippen LogP contribution is -2.30. The van der Waals surface area contributed by atoms with Crippen molar-refractivity contribution in [3.8, 4) is 17.2 Å². The number of anilines is 1. The van der Waals surface area contributed by atoms with Gasteiger partial charge in [0.2, 0.25) is 0 Å². The molecule has 0 fully saturated rings. The van der Waals surface area contributed by atoms with E-state index in [9.17, 15) is 4.79 Å². The maximum absolute atomic E-state index is 12.1. The van der Waals surface area contributed by atoms with Gasteiger partial charge in [0.1, 0.15) is 5.75 Å². The van der Waals surface area contributed by atoms with Crippen LogP contribution in [0.5, 0.6) is 17.2 Å². The molecule has 25 heavy (non-hydrogen) atoms. The van der Waals surface area contributed by atoms with Crippen LogP contribution in [0.3, 0.4) is 0 Å². The van der Waals surface area contributed by atoms with E-state index in [1.54, 1.807) is 27.4 Å². The van der Waals surface area contributed by atoms with Gasteiger partial charge in [-0.25, -0.2) is 4.79 Å². The van der Waals surface area contributed by atoms with Crippen molar-refractivity contribution in [1.82, 2.24) is 5.32 Å². The summed E-state index contributed by atoms with van der Waals surface area (Å²) in [6.45, 7) is 2.43. The Hall–Kier alpha value is -2.89. The average Bonchev–Trinajstić information content (AvgIpc) is 2.63. The molecule has 0 saturated carbocycles. The Morgan fingerprint density at radius 1 is 0.960 bits per heavy atom. The van der Waals surface area contributed by atoms with E-state index >= 15 is 0 Å².